The molecule has 0 aromatic rings. The summed E-state index contributed by atoms with van der Waals surface area (Å²) in [5, 5.41) is 14.4. The highest BCUT2D eigenvalue weighted by molar-refractivity contribution is 6.38. The van der Waals surface area contributed by atoms with E-state index in [1.807, 2.05) is 0 Å². The molecule has 0 saturated heterocycles. The van der Waals surface area contributed by atoms with Gasteiger partial charge in [0.1, 0.15) is 0 Å². The molecule has 0 aromatic carbocycles. The molecule has 0 fully saturated rings. The molecule has 0 atom stereocenters. The van der Waals surface area contributed by atoms with Gasteiger partial charge in [-0.15, -0.1) is 0 Å². The Labute approximate surface area is 62.7 Å². The lowest BCUT2D eigenvalue weighted by Crippen LogP contribution is -2.06. The molecule has 0 heterocycles. The molecule has 2 nitrogen and oxygen atoms in total. The number of hydrogen-bond acceptors (Lipinski definition) is 2. The summed E-state index contributed by atoms with van der Waals surface area (Å²) < 4.78 is 0. The highest BCUT2D eigenvalue weighted by Crippen LogP contribution is 1.99. The van der Waals surface area contributed by atoms with E-state index in [1.165, 1.54) is 12.8 Å². The Kier molecular flexibility index (Phi) is 4.81. The maximum absolute atomic E-state index is 7.30. The van der Waals surface area contributed by atoms with E-state index in [0.717, 1.165) is 12.8 Å². The Hall–Kier alpha value is -0.660. The van der Waals surface area contributed by atoms with Crippen LogP contribution in [0, 0.1) is 10.8 Å². The van der Waals surface area contributed by atoms with Gasteiger partial charge in [-0.2, -0.15) is 0 Å². The van der Waals surface area contributed by atoms with E-state index in [-0.39, 0.29) is 0 Å². The minimum absolute atomic E-state index is 0.413. The SMILES string of the molecule is CCCCCC(=N)C(C)=N. The molecule has 0 aliphatic rings. The highest BCUT2D eigenvalue weighted by atomic mass is 14.5. The van der Waals surface area contributed by atoms with Gasteiger partial charge in [0.15, 0.2) is 0 Å². The first-order chi connectivity index (χ1) is 4.68. The van der Waals surface area contributed by atoms with E-state index in [0.29, 0.717) is 11.4 Å². The van der Waals surface area contributed by atoms with Crippen molar-refractivity contribution >= 4 is 11.4 Å². The minimum atomic E-state index is 0.413. The summed E-state index contributed by atoms with van der Waals surface area (Å²) in [4.78, 5) is 0. The Morgan fingerprint density at radius 3 is 2.20 bits per heavy atom. The van der Waals surface area contributed by atoms with E-state index < -0.39 is 0 Å². The molecule has 0 aliphatic carbocycles. The normalized spacial score (nSPS) is 9.40. The largest absolute Gasteiger partial charge is 0.304 e. The van der Waals surface area contributed by atoms with Crippen LogP contribution in [0.15, 0.2) is 0 Å². The van der Waals surface area contributed by atoms with E-state index >= 15 is 0 Å². The molecule has 0 amide bonds. The van der Waals surface area contributed by atoms with Gasteiger partial charge < -0.3 is 10.8 Å². The minimum Gasteiger partial charge on any atom is -0.304 e. The van der Waals surface area contributed by atoms with Gasteiger partial charge in [0.25, 0.3) is 0 Å². The second-order valence-electron chi connectivity index (χ2n) is 2.56. The van der Waals surface area contributed by atoms with E-state index in [9.17, 15) is 0 Å². The van der Waals surface area contributed by atoms with Crippen LogP contribution >= 0.6 is 0 Å². The predicted molar refractivity (Wildman–Crippen MR) is 45.3 cm³/mol. The first-order valence-electron chi connectivity index (χ1n) is 3.81. The fourth-order valence-corrected chi connectivity index (χ4v) is 0.739. The molecular formula is C8H16N2. The van der Waals surface area contributed by atoms with Gasteiger partial charge >= 0.3 is 0 Å². The van der Waals surface area contributed by atoms with Crippen molar-refractivity contribution in [2.24, 2.45) is 0 Å². The third-order valence-electron chi connectivity index (χ3n) is 1.48. The van der Waals surface area contributed by atoms with Crippen molar-refractivity contribution in [2.75, 3.05) is 0 Å². The molecule has 2 N–H and O–H groups in total. The number of nitrogens with one attached hydrogen (secondary N) is 2. The molecule has 0 rings (SSSR count). The lowest BCUT2D eigenvalue weighted by atomic mass is 10.1. The van der Waals surface area contributed by atoms with Crippen molar-refractivity contribution in [3.8, 4) is 0 Å². The van der Waals surface area contributed by atoms with Crippen molar-refractivity contribution in [3.05, 3.63) is 0 Å². The molecule has 10 heavy (non-hydrogen) atoms. The van der Waals surface area contributed by atoms with Gasteiger partial charge in [-0.1, -0.05) is 19.8 Å². The lowest BCUT2D eigenvalue weighted by Gasteiger charge is -1.98. The Balaban J connectivity index is 3.31. The first-order valence-corrected chi connectivity index (χ1v) is 3.81. The van der Waals surface area contributed by atoms with Gasteiger partial charge in [0, 0.05) is 5.71 Å². The summed E-state index contributed by atoms with van der Waals surface area (Å²) in [6.07, 6.45) is 4.20. The average molecular weight is 140 g/mol. The molecule has 0 bridgehead atoms. The van der Waals surface area contributed by atoms with Crippen LogP contribution in [0.2, 0.25) is 0 Å². The standard InChI is InChI=1S/C8H16N2/c1-3-4-5-6-8(10)7(2)9/h9-10H,3-6H2,1-2H3. The van der Waals surface area contributed by atoms with Crippen LogP contribution in [0.4, 0.5) is 0 Å². The van der Waals surface area contributed by atoms with Gasteiger partial charge in [0.2, 0.25) is 0 Å². The van der Waals surface area contributed by atoms with Crippen LogP contribution in [-0.2, 0) is 0 Å². The van der Waals surface area contributed by atoms with Crippen LogP contribution in [0.1, 0.15) is 39.5 Å². The van der Waals surface area contributed by atoms with Gasteiger partial charge in [-0.25, -0.2) is 0 Å². The molecule has 0 saturated carbocycles. The summed E-state index contributed by atoms with van der Waals surface area (Å²) in [7, 11) is 0. The van der Waals surface area contributed by atoms with Crippen LogP contribution < -0.4 is 0 Å². The summed E-state index contributed by atoms with van der Waals surface area (Å²) in [6, 6.07) is 0. The van der Waals surface area contributed by atoms with Crippen LogP contribution in [-0.4, -0.2) is 11.4 Å². The molecule has 0 unspecified atom stereocenters. The topological polar surface area (TPSA) is 47.7 Å². The Morgan fingerprint density at radius 1 is 1.20 bits per heavy atom. The van der Waals surface area contributed by atoms with E-state index in [4.69, 9.17) is 10.8 Å². The van der Waals surface area contributed by atoms with E-state index in [1.54, 1.807) is 6.92 Å². The van der Waals surface area contributed by atoms with Crippen molar-refractivity contribution in [2.45, 2.75) is 39.5 Å². The zero-order valence-corrected chi connectivity index (χ0v) is 6.83. The summed E-state index contributed by atoms with van der Waals surface area (Å²) in [5.74, 6) is 0. The average Bonchev–Trinajstić information content (AvgIpc) is 1.88. The Morgan fingerprint density at radius 2 is 1.80 bits per heavy atom. The van der Waals surface area contributed by atoms with Crippen molar-refractivity contribution in [1.29, 1.82) is 10.8 Å². The fourth-order valence-electron chi connectivity index (χ4n) is 0.739. The summed E-state index contributed by atoms with van der Waals surface area (Å²) in [6.45, 7) is 3.81. The maximum atomic E-state index is 7.30. The number of hydrogen-bond donors (Lipinski definition) is 2. The molecule has 2 heteroatoms. The first kappa shape index (κ1) is 9.34. The molecule has 0 aromatic heterocycles. The predicted octanol–water partition coefficient (Wildman–Crippen LogP) is 2.63. The van der Waals surface area contributed by atoms with Crippen molar-refractivity contribution < 1.29 is 0 Å². The van der Waals surface area contributed by atoms with Gasteiger partial charge in [-0.05, 0) is 19.8 Å². The third kappa shape index (κ3) is 4.24. The second-order valence-corrected chi connectivity index (χ2v) is 2.56. The zero-order chi connectivity index (χ0) is 7.98. The van der Waals surface area contributed by atoms with E-state index in [2.05, 4.69) is 6.92 Å². The fraction of sp³-hybridized carbons (Fsp3) is 0.750. The Bertz CT molecular complexity index is 127. The lowest BCUT2D eigenvalue weighted by molar-refractivity contribution is 0.742. The van der Waals surface area contributed by atoms with Crippen LogP contribution in [0.5, 0.6) is 0 Å². The monoisotopic (exact) mass is 140 g/mol. The molecule has 0 radical (unpaired) electrons. The quantitative estimate of drug-likeness (QED) is 0.435. The molecule has 0 spiro atoms. The number of unbranched alkanes of at least 4 members (excludes halogenated alkanes) is 2. The molecule has 58 valence electrons. The smallest absolute Gasteiger partial charge is 0.0518 e. The van der Waals surface area contributed by atoms with Crippen LogP contribution in [0.3, 0.4) is 0 Å². The summed E-state index contributed by atoms with van der Waals surface area (Å²) in [5.41, 5.74) is 0.907. The van der Waals surface area contributed by atoms with Crippen molar-refractivity contribution in [1.82, 2.24) is 0 Å². The second kappa shape index (κ2) is 5.15. The highest BCUT2D eigenvalue weighted by Gasteiger charge is 1.97. The molecule has 0 aliphatic heterocycles. The van der Waals surface area contributed by atoms with Crippen LogP contribution in [0.25, 0.3) is 0 Å². The third-order valence-corrected chi connectivity index (χ3v) is 1.48. The van der Waals surface area contributed by atoms with Gasteiger partial charge in [-0.3, -0.25) is 0 Å². The maximum Gasteiger partial charge on any atom is 0.0518 e. The van der Waals surface area contributed by atoms with Gasteiger partial charge in [0.05, 0.1) is 5.71 Å². The zero-order valence-electron chi connectivity index (χ0n) is 6.83. The molecular weight excluding hydrogens is 124 g/mol. The number of rotatable bonds is 5. The summed E-state index contributed by atoms with van der Waals surface area (Å²) >= 11 is 0. The van der Waals surface area contributed by atoms with Crippen molar-refractivity contribution in [3.63, 3.8) is 0 Å².